The number of thiophene rings is 1. The van der Waals surface area contributed by atoms with Crippen LogP contribution in [0, 0.1) is 0 Å². The molecular formula is C11H20N2S. The molecule has 1 rings (SSSR count). The van der Waals surface area contributed by atoms with Crippen molar-refractivity contribution in [2.24, 2.45) is 0 Å². The molecule has 3 heteroatoms. The quantitative estimate of drug-likeness (QED) is 0.676. The van der Waals surface area contributed by atoms with Crippen molar-refractivity contribution >= 4 is 11.3 Å². The summed E-state index contributed by atoms with van der Waals surface area (Å²) in [5.74, 6) is 0. The Morgan fingerprint density at radius 1 is 1.21 bits per heavy atom. The molecule has 0 aromatic carbocycles. The number of aryl methyl sites for hydroxylation is 1. The number of nitrogens with one attached hydrogen (secondary N) is 2. The molecule has 1 aromatic heterocycles. The van der Waals surface area contributed by atoms with Gasteiger partial charge in [0.1, 0.15) is 0 Å². The van der Waals surface area contributed by atoms with Gasteiger partial charge in [0.25, 0.3) is 0 Å². The Bertz CT molecular complexity index is 245. The van der Waals surface area contributed by atoms with Crippen molar-refractivity contribution in [3.8, 4) is 0 Å². The van der Waals surface area contributed by atoms with Crippen molar-refractivity contribution in [1.82, 2.24) is 10.6 Å². The van der Waals surface area contributed by atoms with E-state index in [2.05, 4.69) is 35.9 Å². The van der Waals surface area contributed by atoms with Crippen LogP contribution in [0.1, 0.15) is 24.3 Å². The summed E-state index contributed by atoms with van der Waals surface area (Å²) in [4.78, 5) is 1.49. The molecule has 0 aliphatic heterocycles. The van der Waals surface area contributed by atoms with Crippen molar-refractivity contribution in [2.75, 3.05) is 19.6 Å². The van der Waals surface area contributed by atoms with E-state index < -0.39 is 0 Å². The fourth-order valence-electron chi connectivity index (χ4n) is 1.39. The summed E-state index contributed by atoms with van der Waals surface area (Å²) >= 11 is 1.86. The second-order valence-electron chi connectivity index (χ2n) is 3.25. The number of rotatable bonds is 7. The van der Waals surface area contributed by atoms with Crippen LogP contribution in [-0.4, -0.2) is 19.6 Å². The third-order valence-electron chi connectivity index (χ3n) is 2.23. The van der Waals surface area contributed by atoms with Crippen LogP contribution >= 0.6 is 11.3 Å². The van der Waals surface area contributed by atoms with Gasteiger partial charge in [0.05, 0.1) is 0 Å². The molecule has 0 aliphatic rings. The lowest BCUT2D eigenvalue weighted by Gasteiger charge is -2.05. The number of likely N-dealkylation sites (N-methyl/N-ethyl adjacent to an activating group) is 1. The van der Waals surface area contributed by atoms with E-state index in [-0.39, 0.29) is 0 Å². The first-order valence-electron chi connectivity index (χ1n) is 5.35. The number of hydrogen-bond acceptors (Lipinski definition) is 3. The van der Waals surface area contributed by atoms with Crippen molar-refractivity contribution in [2.45, 2.75) is 26.8 Å². The maximum Gasteiger partial charge on any atom is 0.0303 e. The molecule has 0 unspecified atom stereocenters. The van der Waals surface area contributed by atoms with Gasteiger partial charge in [-0.15, -0.1) is 11.3 Å². The lowest BCUT2D eigenvalue weighted by molar-refractivity contribution is 0.627. The minimum atomic E-state index is 1.02. The lowest BCUT2D eigenvalue weighted by atomic mass is 10.2. The molecule has 2 N–H and O–H groups in total. The molecule has 0 aliphatic carbocycles. The summed E-state index contributed by atoms with van der Waals surface area (Å²) in [6.45, 7) is 8.53. The zero-order chi connectivity index (χ0) is 10.2. The zero-order valence-corrected chi connectivity index (χ0v) is 9.91. The van der Waals surface area contributed by atoms with E-state index in [9.17, 15) is 0 Å². The molecule has 1 heterocycles. The molecule has 2 nitrogen and oxygen atoms in total. The Morgan fingerprint density at radius 2 is 2.00 bits per heavy atom. The Balaban J connectivity index is 2.17. The van der Waals surface area contributed by atoms with Gasteiger partial charge in [0.15, 0.2) is 0 Å². The van der Waals surface area contributed by atoms with Gasteiger partial charge in [-0.1, -0.05) is 13.8 Å². The van der Waals surface area contributed by atoms with E-state index in [0.717, 1.165) is 32.6 Å². The van der Waals surface area contributed by atoms with E-state index >= 15 is 0 Å². The van der Waals surface area contributed by atoms with Gasteiger partial charge < -0.3 is 10.6 Å². The maximum atomic E-state index is 3.45. The van der Waals surface area contributed by atoms with Crippen molar-refractivity contribution in [1.29, 1.82) is 0 Å². The highest BCUT2D eigenvalue weighted by Crippen LogP contribution is 2.16. The molecule has 0 saturated carbocycles. The molecule has 14 heavy (non-hydrogen) atoms. The normalized spacial score (nSPS) is 10.7. The highest BCUT2D eigenvalue weighted by Gasteiger charge is 2.00. The second-order valence-corrected chi connectivity index (χ2v) is 4.25. The fourth-order valence-corrected chi connectivity index (χ4v) is 2.34. The summed E-state index contributed by atoms with van der Waals surface area (Å²) in [5.41, 5.74) is 1.49. The van der Waals surface area contributed by atoms with Crippen molar-refractivity contribution < 1.29 is 0 Å². The smallest absolute Gasteiger partial charge is 0.0303 e. The van der Waals surface area contributed by atoms with Gasteiger partial charge in [0.2, 0.25) is 0 Å². The highest BCUT2D eigenvalue weighted by atomic mass is 32.1. The van der Waals surface area contributed by atoms with Crippen molar-refractivity contribution in [3.63, 3.8) is 0 Å². The first-order valence-corrected chi connectivity index (χ1v) is 6.23. The van der Waals surface area contributed by atoms with Crippen LogP contribution < -0.4 is 10.6 Å². The van der Waals surface area contributed by atoms with Crippen LogP contribution in [0.4, 0.5) is 0 Å². The average molecular weight is 212 g/mol. The van der Waals surface area contributed by atoms with Gasteiger partial charge in [0, 0.05) is 24.5 Å². The fraction of sp³-hybridized carbons (Fsp3) is 0.636. The monoisotopic (exact) mass is 212 g/mol. The van der Waals surface area contributed by atoms with E-state index in [1.807, 2.05) is 11.3 Å². The van der Waals surface area contributed by atoms with Gasteiger partial charge in [-0.2, -0.15) is 0 Å². The Morgan fingerprint density at radius 3 is 2.71 bits per heavy atom. The zero-order valence-electron chi connectivity index (χ0n) is 9.10. The Labute approximate surface area is 90.7 Å². The highest BCUT2D eigenvalue weighted by molar-refractivity contribution is 7.10. The third kappa shape index (κ3) is 3.78. The van der Waals surface area contributed by atoms with Gasteiger partial charge >= 0.3 is 0 Å². The van der Waals surface area contributed by atoms with Crippen LogP contribution in [0.25, 0.3) is 0 Å². The predicted molar refractivity (Wildman–Crippen MR) is 63.9 cm³/mol. The standard InChI is InChI=1S/C11H20N2S/c1-3-10-5-8-14-11(10)9-13-7-6-12-4-2/h5,8,12-13H,3-4,6-7,9H2,1-2H3. The van der Waals surface area contributed by atoms with Crippen LogP contribution in [0.2, 0.25) is 0 Å². The minimum Gasteiger partial charge on any atom is -0.316 e. The van der Waals surface area contributed by atoms with Crippen LogP contribution in [0.3, 0.4) is 0 Å². The number of hydrogen-bond donors (Lipinski definition) is 2. The summed E-state index contributed by atoms with van der Waals surface area (Å²) in [6, 6.07) is 2.23. The first kappa shape index (κ1) is 11.7. The molecular weight excluding hydrogens is 192 g/mol. The summed E-state index contributed by atoms with van der Waals surface area (Å²) in [7, 11) is 0. The maximum absolute atomic E-state index is 3.45. The summed E-state index contributed by atoms with van der Waals surface area (Å²) < 4.78 is 0. The molecule has 0 amide bonds. The van der Waals surface area contributed by atoms with Gasteiger partial charge in [-0.05, 0) is 30.0 Å². The molecule has 0 saturated heterocycles. The Hall–Kier alpha value is -0.380. The predicted octanol–water partition coefficient (Wildman–Crippen LogP) is 2.01. The van der Waals surface area contributed by atoms with E-state index in [4.69, 9.17) is 0 Å². The molecule has 80 valence electrons. The van der Waals surface area contributed by atoms with E-state index in [1.54, 1.807) is 0 Å². The SMILES string of the molecule is CCNCCNCc1sccc1CC. The van der Waals surface area contributed by atoms with E-state index in [0.29, 0.717) is 0 Å². The van der Waals surface area contributed by atoms with Crippen molar-refractivity contribution in [3.05, 3.63) is 21.9 Å². The molecule has 0 bridgehead atoms. The first-order chi connectivity index (χ1) is 6.88. The second kappa shape index (κ2) is 6.98. The van der Waals surface area contributed by atoms with E-state index in [1.165, 1.54) is 10.4 Å². The molecule has 0 atom stereocenters. The topological polar surface area (TPSA) is 24.1 Å². The molecule has 0 spiro atoms. The largest absolute Gasteiger partial charge is 0.316 e. The third-order valence-corrected chi connectivity index (χ3v) is 3.20. The Kier molecular flexibility index (Phi) is 5.83. The molecule has 0 fully saturated rings. The summed E-state index contributed by atoms with van der Waals surface area (Å²) in [5, 5.41) is 8.92. The van der Waals surface area contributed by atoms with Crippen LogP contribution in [0.5, 0.6) is 0 Å². The average Bonchev–Trinajstić information content (AvgIpc) is 2.65. The van der Waals surface area contributed by atoms with Crippen LogP contribution in [-0.2, 0) is 13.0 Å². The van der Waals surface area contributed by atoms with Crippen LogP contribution in [0.15, 0.2) is 11.4 Å². The lowest BCUT2D eigenvalue weighted by Crippen LogP contribution is -2.26. The van der Waals surface area contributed by atoms with Gasteiger partial charge in [-0.3, -0.25) is 0 Å². The molecule has 1 aromatic rings. The van der Waals surface area contributed by atoms with Gasteiger partial charge in [-0.25, -0.2) is 0 Å². The molecule has 0 radical (unpaired) electrons. The summed E-state index contributed by atoms with van der Waals surface area (Å²) in [6.07, 6.45) is 1.15. The minimum absolute atomic E-state index is 1.02.